The van der Waals surface area contributed by atoms with Crippen molar-refractivity contribution in [3.05, 3.63) is 24.2 Å². The molecule has 1 aromatic heterocycles. The molecule has 1 aromatic rings. The van der Waals surface area contributed by atoms with Gasteiger partial charge in [0.1, 0.15) is 17.8 Å². The monoisotopic (exact) mass is 278 g/mol. The smallest absolute Gasteiger partial charge is 0.245 e. The normalized spacial score (nSPS) is 24.6. The molecule has 20 heavy (non-hydrogen) atoms. The SMILES string of the molecule is CCC1C(=O)NC(C)C(=O)N1C(C)CCc1ccco1. The number of hydrogen-bond acceptors (Lipinski definition) is 3. The van der Waals surface area contributed by atoms with Crippen LogP contribution in [0.25, 0.3) is 0 Å². The van der Waals surface area contributed by atoms with E-state index in [2.05, 4.69) is 5.32 Å². The number of nitrogens with one attached hydrogen (secondary N) is 1. The fraction of sp³-hybridized carbons (Fsp3) is 0.600. The van der Waals surface area contributed by atoms with Crippen LogP contribution in [0.3, 0.4) is 0 Å². The van der Waals surface area contributed by atoms with Crippen molar-refractivity contribution >= 4 is 11.8 Å². The van der Waals surface area contributed by atoms with Gasteiger partial charge in [0.05, 0.1) is 6.26 Å². The van der Waals surface area contributed by atoms with Crippen LogP contribution in [0.1, 0.15) is 39.4 Å². The molecule has 0 aliphatic carbocycles. The van der Waals surface area contributed by atoms with E-state index in [-0.39, 0.29) is 23.9 Å². The second-order valence-corrected chi connectivity index (χ2v) is 5.37. The minimum atomic E-state index is -0.434. The lowest BCUT2D eigenvalue weighted by Gasteiger charge is -2.41. The number of aryl methyl sites for hydroxylation is 1. The molecule has 1 aliphatic rings. The molecule has 2 amide bonds. The molecule has 1 saturated heterocycles. The predicted molar refractivity (Wildman–Crippen MR) is 75.0 cm³/mol. The zero-order chi connectivity index (χ0) is 14.7. The summed E-state index contributed by atoms with van der Waals surface area (Å²) < 4.78 is 5.31. The Hall–Kier alpha value is -1.78. The number of hydrogen-bond donors (Lipinski definition) is 1. The molecule has 3 unspecified atom stereocenters. The molecule has 2 rings (SSSR count). The lowest BCUT2D eigenvalue weighted by atomic mass is 10.0. The first kappa shape index (κ1) is 14.6. The highest BCUT2D eigenvalue weighted by Crippen LogP contribution is 2.19. The van der Waals surface area contributed by atoms with Crippen LogP contribution in [0.2, 0.25) is 0 Å². The van der Waals surface area contributed by atoms with Gasteiger partial charge in [0.2, 0.25) is 11.8 Å². The third-order valence-corrected chi connectivity index (χ3v) is 3.87. The van der Waals surface area contributed by atoms with Gasteiger partial charge in [0.15, 0.2) is 0 Å². The maximum Gasteiger partial charge on any atom is 0.245 e. The highest BCUT2D eigenvalue weighted by molar-refractivity contribution is 5.96. The summed E-state index contributed by atoms with van der Waals surface area (Å²) in [7, 11) is 0. The summed E-state index contributed by atoms with van der Waals surface area (Å²) in [5.41, 5.74) is 0. The molecule has 0 bridgehead atoms. The van der Waals surface area contributed by atoms with Crippen molar-refractivity contribution in [2.75, 3.05) is 0 Å². The standard InChI is InChI=1S/C15H22N2O3/c1-4-13-14(18)16-11(3)15(19)17(13)10(2)7-8-12-6-5-9-20-12/h5-6,9-11,13H,4,7-8H2,1-3H3,(H,16,18). The summed E-state index contributed by atoms with van der Waals surface area (Å²) in [6, 6.07) is 3.01. The Kier molecular flexibility index (Phi) is 4.47. The summed E-state index contributed by atoms with van der Waals surface area (Å²) in [5, 5.41) is 2.74. The van der Waals surface area contributed by atoms with Crippen molar-refractivity contribution in [3.63, 3.8) is 0 Å². The van der Waals surface area contributed by atoms with Crippen molar-refractivity contribution < 1.29 is 14.0 Å². The molecule has 1 N–H and O–H groups in total. The first-order valence-corrected chi connectivity index (χ1v) is 7.19. The molecule has 0 aromatic carbocycles. The van der Waals surface area contributed by atoms with Crippen molar-refractivity contribution in [2.45, 2.75) is 58.2 Å². The molecule has 0 spiro atoms. The summed E-state index contributed by atoms with van der Waals surface area (Å²) in [5.74, 6) is 0.861. The third-order valence-electron chi connectivity index (χ3n) is 3.87. The number of carbonyl (C=O) groups excluding carboxylic acids is 2. The summed E-state index contributed by atoms with van der Waals surface area (Å²) in [4.78, 5) is 26.1. The number of amides is 2. The van der Waals surface area contributed by atoms with Crippen LogP contribution in [-0.2, 0) is 16.0 Å². The molecule has 1 aliphatic heterocycles. The maximum atomic E-state index is 12.3. The molecule has 0 radical (unpaired) electrons. The maximum absolute atomic E-state index is 12.3. The zero-order valence-electron chi connectivity index (χ0n) is 12.3. The van der Waals surface area contributed by atoms with E-state index in [0.717, 1.165) is 18.6 Å². The fourth-order valence-corrected chi connectivity index (χ4v) is 2.73. The van der Waals surface area contributed by atoms with Crippen molar-refractivity contribution in [3.8, 4) is 0 Å². The Bertz CT molecular complexity index is 469. The molecule has 3 atom stereocenters. The lowest BCUT2D eigenvalue weighted by Crippen LogP contribution is -2.64. The topological polar surface area (TPSA) is 62.6 Å². The van der Waals surface area contributed by atoms with Gasteiger partial charge >= 0.3 is 0 Å². The Morgan fingerprint density at radius 1 is 1.45 bits per heavy atom. The molecule has 110 valence electrons. The number of carbonyl (C=O) groups is 2. The second-order valence-electron chi connectivity index (χ2n) is 5.37. The summed E-state index contributed by atoms with van der Waals surface area (Å²) in [6.07, 6.45) is 3.84. The number of piperazine rings is 1. The van der Waals surface area contributed by atoms with E-state index in [1.165, 1.54) is 0 Å². The Morgan fingerprint density at radius 3 is 2.80 bits per heavy atom. The zero-order valence-corrected chi connectivity index (χ0v) is 12.3. The van der Waals surface area contributed by atoms with Crippen LogP contribution >= 0.6 is 0 Å². The average molecular weight is 278 g/mol. The third kappa shape index (κ3) is 2.86. The molecule has 5 heteroatoms. The molecular formula is C15H22N2O3. The highest BCUT2D eigenvalue weighted by Gasteiger charge is 2.39. The van der Waals surface area contributed by atoms with E-state index in [1.807, 2.05) is 26.0 Å². The van der Waals surface area contributed by atoms with E-state index >= 15 is 0 Å². The lowest BCUT2D eigenvalue weighted by molar-refractivity contribution is -0.151. The van der Waals surface area contributed by atoms with Crippen LogP contribution in [0.4, 0.5) is 0 Å². The molecule has 1 fully saturated rings. The van der Waals surface area contributed by atoms with Gasteiger partial charge in [-0.25, -0.2) is 0 Å². The van der Waals surface area contributed by atoms with Gasteiger partial charge in [-0.05, 0) is 38.8 Å². The van der Waals surface area contributed by atoms with E-state index in [4.69, 9.17) is 4.42 Å². The van der Waals surface area contributed by atoms with Crippen LogP contribution in [0.5, 0.6) is 0 Å². The number of nitrogens with zero attached hydrogens (tertiary/aromatic N) is 1. The molecule has 5 nitrogen and oxygen atoms in total. The summed E-state index contributed by atoms with van der Waals surface area (Å²) >= 11 is 0. The van der Waals surface area contributed by atoms with Crippen LogP contribution in [-0.4, -0.2) is 34.8 Å². The number of rotatable bonds is 5. The molecular weight excluding hydrogens is 256 g/mol. The van der Waals surface area contributed by atoms with E-state index in [1.54, 1.807) is 18.1 Å². The predicted octanol–water partition coefficient (Wildman–Crippen LogP) is 1.73. The Balaban J connectivity index is 2.05. The Morgan fingerprint density at radius 2 is 2.20 bits per heavy atom. The first-order valence-electron chi connectivity index (χ1n) is 7.19. The quantitative estimate of drug-likeness (QED) is 0.892. The van der Waals surface area contributed by atoms with E-state index in [0.29, 0.717) is 6.42 Å². The fourth-order valence-electron chi connectivity index (χ4n) is 2.73. The van der Waals surface area contributed by atoms with Crippen LogP contribution in [0.15, 0.2) is 22.8 Å². The van der Waals surface area contributed by atoms with Crippen LogP contribution in [0, 0.1) is 0 Å². The van der Waals surface area contributed by atoms with Gasteiger partial charge in [0, 0.05) is 12.5 Å². The highest BCUT2D eigenvalue weighted by atomic mass is 16.3. The molecule has 0 saturated carbocycles. The Labute approximate surface area is 119 Å². The van der Waals surface area contributed by atoms with Gasteiger partial charge in [-0.15, -0.1) is 0 Å². The van der Waals surface area contributed by atoms with Gasteiger partial charge in [-0.2, -0.15) is 0 Å². The van der Waals surface area contributed by atoms with E-state index in [9.17, 15) is 9.59 Å². The van der Waals surface area contributed by atoms with Crippen molar-refractivity contribution in [1.29, 1.82) is 0 Å². The summed E-state index contributed by atoms with van der Waals surface area (Å²) in [6.45, 7) is 5.66. The second kappa shape index (κ2) is 6.11. The average Bonchev–Trinajstić information content (AvgIpc) is 2.93. The van der Waals surface area contributed by atoms with Gasteiger partial charge in [-0.3, -0.25) is 9.59 Å². The van der Waals surface area contributed by atoms with Gasteiger partial charge in [-0.1, -0.05) is 6.92 Å². The first-order chi connectivity index (χ1) is 9.54. The van der Waals surface area contributed by atoms with Gasteiger partial charge in [0.25, 0.3) is 0 Å². The number of furan rings is 1. The minimum absolute atomic E-state index is 0.00314. The van der Waals surface area contributed by atoms with Crippen molar-refractivity contribution in [2.24, 2.45) is 0 Å². The largest absolute Gasteiger partial charge is 0.469 e. The minimum Gasteiger partial charge on any atom is -0.469 e. The molecule has 2 heterocycles. The van der Waals surface area contributed by atoms with Crippen LogP contribution < -0.4 is 5.32 Å². The van der Waals surface area contributed by atoms with E-state index < -0.39 is 6.04 Å². The van der Waals surface area contributed by atoms with Gasteiger partial charge < -0.3 is 14.6 Å². The van der Waals surface area contributed by atoms with Crippen molar-refractivity contribution in [1.82, 2.24) is 10.2 Å².